The molecule has 20 heavy (non-hydrogen) atoms. The number of carbonyl (C=O) groups is 1. The molecule has 0 bridgehead atoms. The molecule has 0 radical (unpaired) electrons. The van der Waals surface area contributed by atoms with Crippen molar-refractivity contribution < 1.29 is 19.7 Å². The van der Waals surface area contributed by atoms with Gasteiger partial charge in [-0.25, -0.2) is 4.79 Å². The second-order valence-corrected chi connectivity index (χ2v) is 5.70. The van der Waals surface area contributed by atoms with Gasteiger partial charge in [-0.3, -0.25) is 0 Å². The quantitative estimate of drug-likeness (QED) is 0.368. The molecule has 0 aromatic rings. The summed E-state index contributed by atoms with van der Waals surface area (Å²) < 4.78 is 5.08. The van der Waals surface area contributed by atoms with Crippen LogP contribution in [-0.4, -0.2) is 35.0 Å². The Kier molecular flexibility index (Phi) is 7.85. The fourth-order valence-electron chi connectivity index (χ4n) is 2.48. The lowest BCUT2D eigenvalue weighted by atomic mass is 9.98. The van der Waals surface area contributed by atoms with Gasteiger partial charge in [0.05, 0.1) is 13.2 Å². The lowest BCUT2D eigenvalue weighted by Gasteiger charge is -2.21. The number of unbranched alkanes of at least 4 members (excludes halogenated alkanes) is 7. The Hall–Kier alpha value is -0.870. The monoisotopic (exact) mass is 284 g/mol. The van der Waals surface area contributed by atoms with E-state index < -0.39 is 11.6 Å². The van der Waals surface area contributed by atoms with E-state index >= 15 is 0 Å². The van der Waals surface area contributed by atoms with Crippen LogP contribution in [0.25, 0.3) is 0 Å². The van der Waals surface area contributed by atoms with Crippen molar-refractivity contribution in [2.75, 3.05) is 13.2 Å². The van der Waals surface area contributed by atoms with E-state index in [2.05, 4.69) is 6.92 Å². The van der Waals surface area contributed by atoms with Gasteiger partial charge in [-0.15, -0.1) is 0 Å². The number of rotatable bonds is 10. The minimum Gasteiger partial charge on any atom is -0.450 e. The maximum Gasteiger partial charge on any atom is 0.334 e. The summed E-state index contributed by atoms with van der Waals surface area (Å²) in [5.74, 6) is -0.393. The van der Waals surface area contributed by atoms with Gasteiger partial charge in [0.2, 0.25) is 0 Å². The van der Waals surface area contributed by atoms with Crippen molar-refractivity contribution in [1.82, 2.24) is 0 Å². The predicted octanol–water partition coefficient (Wildman–Crippen LogP) is 2.72. The van der Waals surface area contributed by atoms with E-state index in [-0.39, 0.29) is 13.2 Å². The Morgan fingerprint density at radius 3 is 2.25 bits per heavy atom. The summed E-state index contributed by atoms with van der Waals surface area (Å²) >= 11 is 0. The molecule has 2 N–H and O–H groups in total. The molecular formula is C16H28O4. The van der Waals surface area contributed by atoms with E-state index in [1.54, 1.807) is 0 Å². The Balaban J connectivity index is 2.21. The number of carbonyl (C=O) groups excluding carboxylic acids is 1. The first-order valence-corrected chi connectivity index (χ1v) is 7.81. The van der Waals surface area contributed by atoms with Gasteiger partial charge in [0.1, 0.15) is 0 Å². The highest BCUT2D eigenvalue weighted by atomic mass is 16.6. The average molecular weight is 284 g/mol. The summed E-state index contributed by atoms with van der Waals surface area (Å²) in [7, 11) is 0. The first-order valence-electron chi connectivity index (χ1n) is 7.81. The van der Waals surface area contributed by atoms with E-state index in [4.69, 9.17) is 4.74 Å². The molecule has 4 heteroatoms. The highest BCUT2D eigenvalue weighted by molar-refractivity contribution is 5.91. The molecule has 0 aliphatic carbocycles. The Labute approximate surface area is 121 Å². The molecule has 0 aromatic heterocycles. The van der Waals surface area contributed by atoms with Crippen LogP contribution in [-0.2, 0) is 9.53 Å². The Morgan fingerprint density at radius 2 is 1.70 bits per heavy atom. The number of aliphatic hydroxyl groups is 2. The van der Waals surface area contributed by atoms with Crippen LogP contribution in [0.5, 0.6) is 0 Å². The van der Waals surface area contributed by atoms with Crippen LogP contribution in [0.2, 0.25) is 0 Å². The van der Waals surface area contributed by atoms with E-state index in [0.717, 1.165) is 12.8 Å². The lowest BCUT2D eigenvalue weighted by molar-refractivity contribution is -0.154. The summed E-state index contributed by atoms with van der Waals surface area (Å²) in [5.41, 5.74) is -0.498. The average Bonchev–Trinajstić information content (AvgIpc) is 2.79. The van der Waals surface area contributed by atoms with Gasteiger partial charge in [-0.2, -0.15) is 0 Å². The zero-order chi connectivity index (χ0) is 14.8. The number of hydrogen-bond donors (Lipinski definition) is 2. The fraction of sp³-hybridized carbons (Fsp3) is 0.812. The first-order chi connectivity index (χ1) is 9.67. The van der Waals surface area contributed by atoms with E-state index in [9.17, 15) is 15.0 Å². The number of ether oxygens (including phenoxy) is 1. The maximum atomic E-state index is 11.6. The molecule has 4 nitrogen and oxygen atoms in total. The van der Waals surface area contributed by atoms with Gasteiger partial charge < -0.3 is 14.9 Å². The normalized spacial score (nSPS) is 19.6. The summed E-state index contributed by atoms with van der Waals surface area (Å²) in [6.07, 6.45) is 11.8. The van der Waals surface area contributed by atoms with Crippen LogP contribution in [0, 0.1) is 0 Å². The van der Waals surface area contributed by atoms with Crippen LogP contribution in [0.4, 0.5) is 0 Å². The molecule has 0 spiro atoms. The lowest BCUT2D eigenvalue weighted by Crippen LogP contribution is -2.37. The second-order valence-electron chi connectivity index (χ2n) is 5.70. The third-order valence-corrected chi connectivity index (χ3v) is 3.86. The van der Waals surface area contributed by atoms with Gasteiger partial charge >= 0.3 is 5.97 Å². The van der Waals surface area contributed by atoms with Crippen LogP contribution >= 0.6 is 0 Å². The van der Waals surface area contributed by atoms with Crippen LogP contribution in [0.15, 0.2) is 11.6 Å². The van der Waals surface area contributed by atoms with E-state index in [1.165, 1.54) is 38.5 Å². The zero-order valence-corrected chi connectivity index (χ0v) is 12.6. The number of aliphatic hydroxyl groups excluding tert-OH is 2. The predicted molar refractivity (Wildman–Crippen MR) is 78.3 cm³/mol. The molecule has 1 saturated heterocycles. The molecule has 116 valence electrons. The molecule has 1 rings (SSSR count). The van der Waals surface area contributed by atoms with Crippen LogP contribution in [0.1, 0.15) is 64.7 Å². The minimum absolute atomic E-state index is 0.315. The van der Waals surface area contributed by atoms with Crippen molar-refractivity contribution >= 4 is 5.97 Å². The molecule has 0 unspecified atom stereocenters. The third kappa shape index (κ3) is 5.25. The molecule has 1 fully saturated rings. The third-order valence-electron chi connectivity index (χ3n) is 3.86. The summed E-state index contributed by atoms with van der Waals surface area (Å²) in [5, 5.41) is 18.4. The Bertz CT molecular complexity index is 318. The zero-order valence-electron chi connectivity index (χ0n) is 12.6. The number of esters is 1. The summed E-state index contributed by atoms with van der Waals surface area (Å²) in [6, 6.07) is 0. The number of hydrogen-bond acceptors (Lipinski definition) is 4. The molecule has 0 amide bonds. The van der Waals surface area contributed by atoms with Crippen molar-refractivity contribution in [3.8, 4) is 0 Å². The van der Waals surface area contributed by atoms with Gasteiger partial charge in [-0.1, -0.05) is 51.5 Å². The highest BCUT2D eigenvalue weighted by Crippen LogP contribution is 2.30. The van der Waals surface area contributed by atoms with Gasteiger partial charge in [0.25, 0.3) is 0 Å². The van der Waals surface area contributed by atoms with Crippen LogP contribution < -0.4 is 0 Å². The molecular weight excluding hydrogens is 256 g/mol. The Morgan fingerprint density at radius 1 is 1.10 bits per heavy atom. The highest BCUT2D eigenvalue weighted by Gasteiger charge is 2.42. The maximum absolute atomic E-state index is 11.6. The SMILES string of the molecule is CCCCCCCCC/C=C1/CC(CO)(CO)OC1=O. The largest absolute Gasteiger partial charge is 0.450 e. The van der Waals surface area contributed by atoms with Gasteiger partial charge in [0, 0.05) is 12.0 Å². The smallest absolute Gasteiger partial charge is 0.334 e. The summed E-state index contributed by atoms with van der Waals surface area (Å²) in [6.45, 7) is 1.56. The van der Waals surface area contributed by atoms with E-state index in [0.29, 0.717) is 12.0 Å². The fourth-order valence-corrected chi connectivity index (χ4v) is 2.48. The molecule has 1 aliphatic heterocycles. The van der Waals surface area contributed by atoms with Crippen molar-refractivity contribution in [3.05, 3.63) is 11.6 Å². The van der Waals surface area contributed by atoms with Gasteiger partial charge in [-0.05, 0) is 12.8 Å². The van der Waals surface area contributed by atoms with Crippen molar-refractivity contribution in [2.24, 2.45) is 0 Å². The molecule has 1 aliphatic rings. The van der Waals surface area contributed by atoms with Crippen molar-refractivity contribution in [1.29, 1.82) is 0 Å². The van der Waals surface area contributed by atoms with Crippen molar-refractivity contribution in [2.45, 2.75) is 70.3 Å². The molecule has 0 aromatic carbocycles. The number of allylic oxidation sites excluding steroid dienone is 1. The van der Waals surface area contributed by atoms with E-state index in [1.807, 2.05) is 6.08 Å². The summed E-state index contributed by atoms with van der Waals surface area (Å²) in [4.78, 5) is 11.6. The standard InChI is InChI=1S/C16H28O4/c1-2-3-4-5-6-7-8-9-10-14-11-16(12-17,13-18)20-15(14)19/h10,17-18H,2-9,11-13H2,1H3/b14-10-. The molecule has 1 heterocycles. The minimum atomic E-state index is -1.09. The van der Waals surface area contributed by atoms with Gasteiger partial charge in [0.15, 0.2) is 5.60 Å². The molecule has 0 saturated carbocycles. The number of cyclic esters (lactones) is 1. The van der Waals surface area contributed by atoms with Crippen molar-refractivity contribution in [3.63, 3.8) is 0 Å². The van der Waals surface area contributed by atoms with Crippen LogP contribution in [0.3, 0.4) is 0 Å². The second kappa shape index (κ2) is 9.14. The molecule has 0 atom stereocenters. The first kappa shape index (κ1) is 17.2. The topological polar surface area (TPSA) is 66.8 Å².